The van der Waals surface area contributed by atoms with Crippen molar-refractivity contribution in [2.75, 3.05) is 18.5 Å². The van der Waals surface area contributed by atoms with Crippen LogP contribution in [-0.2, 0) is 4.74 Å². The van der Waals surface area contributed by atoms with E-state index in [-0.39, 0.29) is 17.6 Å². The van der Waals surface area contributed by atoms with Crippen molar-refractivity contribution in [3.8, 4) is 17.4 Å². The Kier molecular flexibility index (Phi) is 5.80. The van der Waals surface area contributed by atoms with Gasteiger partial charge in [0.05, 0.1) is 17.3 Å². The minimum absolute atomic E-state index is 0.0596. The highest BCUT2D eigenvalue weighted by atomic mass is 35.5. The van der Waals surface area contributed by atoms with E-state index in [1.807, 2.05) is 18.2 Å². The normalized spacial score (nSPS) is 14.3. The van der Waals surface area contributed by atoms with Crippen LogP contribution in [0, 0.1) is 0 Å². The number of carboxylic acid groups (broad SMARTS) is 1. The molecule has 2 aromatic heterocycles. The first-order valence-electron chi connectivity index (χ1n) is 10.4. The molecule has 1 saturated heterocycles. The molecule has 0 aliphatic carbocycles. The first-order chi connectivity index (χ1) is 16.0. The molecule has 0 radical (unpaired) electrons. The lowest BCUT2D eigenvalue weighted by atomic mass is 10.1. The zero-order valence-corrected chi connectivity index (χ0v) is 18.2. The average molecular weight is 466 g/mol. The molecule has 2 aromatic carbocycles. The molecule has 0 atom stereocenters. The highest BCUT2D eigenvalue weighted by Crippen LogP contribution is 2.30. The molecule has 33 heavy (non-hydrogen) atoms. The van der Waals surface area contributed by atoms with Crippen molar-refractivity contribution in [3.05, 3.63) is 65.4 Å². The second-order valence-electron chi connectivity index (χ2n) is 7.62. The molecule has 0 saturated carbocycles. The average Bonchev–Trinajstić information content (AvgIpc) is 3.32. The maximum absolute atomic E-state index is 11.3. The molecule has 168 valence electrons. The number of anilines is 1. The number of hydrogen-bond acceptors (Lipinski definition) is 7. The van der Waals surface area contributed by atoms with Gasteiger partial charge in [-0.1, -0.05) is 11.6 Å². The van der Waals surface area contributed by atoms with Gasteiger partial charge in [0.2, 0.25) is 0 Å². The Morgan fingerprint density at radius 2 is 1.88 bits per heavy atom. The van der Waals surface area contributed by atoms with Crippen molar-refractivity contribution < 1.29 is 19.4 Å². The van der Waals surface area contributed by atoms with Gasteiger partial charge in [-0.3, -0.25) is 0 Å². The molecule has 1 aliphatic rings. The molecular formula is C23H20ClN5O4. The highest BCUT2D eigenvalue weighted by Gasteiger charge is 2.18. The van der Waals surface area contributed by atoms with E-state index >= 15 is 0 Å². The summed E-state index contributed by atoms with van der Waals surface area (Å²) in [5.74, 6) is 1.12. The van der Waals surface area contributed by atoms with Crippen LogP contribution in [0.1, 0.15) is 23.2 Å². The van der Waals surface area contributed by atoms with E-state index in [1.165, 1.54) is 17.1 Å². The lowest BCUT2D eigenvalue weighted by Gasteiger charge is -2.24. The second-order valence-corrected chi connectivity index (χ2v) is 8.05. The quantitative estimate of drug-likeness (QED) is 0.426. The van der Waals surface area contributed by atoms with Gasteiger partial charge in [0.15, 0.2) is 0 Å². The Balaban J connectivity index is 1.54. The number of fused-ring (bicyclic) bond motifs is 1. The van der Waals surface area contributed by atoms with Crippen molar-refractivity contribution in [2.45, 2.75) is 18.9 Å². The third kappa shape index (κ3) is 4.74. The third-order valence-corrected chi connectivity index (χ3v) is 5.55. The lowest BCUT2D eigenvalue weighted by Crippen LogP contribution is -2.28. The Labute approximate surface area is 193 Å². The van der Waals surface area contributed by atoms with Crippen LogP contribution in [0.15, 0.2) is 54.9 Å². The summed E-state index contributed by atoms with van der Waals surface area (Å²) in [6.07, 6.45) is 4.36. The maximum atomic E-state index is 11.3. The van der Waals surface area contributed by atoms with E-state index in [0.717, 1.165) is 18.2 Å². The van der Waals surface area contributed by atoms with E-state index in [9.17, 15) is 9.90 Å². The van der Waals surface area contributed by atoms with Gasteiger partial charge in [-0.2, -0.15) is 10.1 Å². The smallest absolute Gasteiger partial charge is 0.338 e. The van der Waals surface area contributed by atoms with E-state index in [1.54, 1.807) is 24.3 Å². The van der Waals surface area contributed by atoms with Gasteiger partial charge < -0.3 is 19.9 Å². The molecular weight excluding hydrogens is 446 g/mol. The van der Waals surface area contributed by atoms with Crippen molar-refractivity contribution in [1.29, 1.82) is 0 Å². The number of nitrogens with one attached hydrogen (secondary N) is 1. The lowest BCUT2D eigenvalue weighted by molar-refractivity contribution is 0.0697. The summed E-state index contributed by atoms with van der Waals surface area (Å²) in [6, 6.07) is 12.8. The fourth-order valence-electron chi connectivity index (χ4n) is 3.59. The van der Waals surface area contributed by atoms with Crippen LogP contribution in [0.5, 0.6) is 11.5 Å². The third-order valence-electron chi connectivity index (χ3n) is 5.30. The fraction of sp³-hybridized carbons (Fsp3) is 0.217. The van der Waals surface area contributed by atoms with E-state index in [0.29, 0.717) is 41.1 Å². The van der Waals surface area contributed by atoms with Crippen molar-refractivity contribution in [3.63, 3.8) is 0 Å². The SMILES string of the molecule is O=C(O)c1cnn(-c2nc(NC3CCOCC3)c3cc(Oc4ccc(Cl)cc4)ccc3n2)c1. The second kappa shape index (κ2) is 9.05. The van der Waals surface area contributed by atoms with Crippen molar-refractivity contribution >= 4 is 34.3 Å². The first kappa shape index (κ1) is 21.2. The van der Waals surface area contributed by atoms with Crippen LogP contribution in [0.3, 0.4) is 0 Å². The Bertz CT molecular complexity index is 1300. The number of carbonyl (C=O) groups is 1. The van der Waals surface area contributed by atoms with Gasteiger partial charge in [0.25, 0.3) is 5.95 Å². The first-order valence-corrected chi connectivity index (χ1v) is 10.8. The van der Waals surface area contributed by atoms with Gasteiger partial charge in [-0.05, 0) is 55.3 Å². The molecule has 4 aromatic rings. The number of halogens is 1. The Morgan fingerprint density at radius 1 is 1.12 bits per heavy atom. The zero-order valence-electron chi connectivity index (χ0n) is 17.4. The summed E-state index contributed by atoms with van der Waals surface area (Å²) < 4.78 is 12.8. The molecule has 0 amide bonds. The number of rotatable bonds is 6. The fourth-order valence-corrected chi connectivity index (χ4v) is 3.71. The molecule has 1 fully saturated rings. The molecule has 0 unspecified atom stereocenters. The summed E-state index contributed by atoms with van der Waals surface area (Å²) in [5, 5.41) is 18.2. The number of ether oxygens (including phenoxy) is 2. The van der Waals surface area contributed by atoms with Gasteiger partial charge >= 0.3 is 5.97 Å². The predicted molar refractivity (Wildman–Crippen MR) is 123 cm³/mol. The van der Waals surface area contributed by atoms with E-state index in [2.05, 4.69) is 20.4 Å². The van der Waals surface area contributed by atoms with Gasteiger partial charge in [0, 0.05) is 35.9 Å². The van der Waals surface area contributed by atoms with Crippen LogP contribution >= 0.6 is 11.6 Å². The summed E-state index contributed by atoms with van der Waals surface area (Å²) >= 11 is 5.96. The molecule has 5 rings (SSSR count). The predicted octanol–water partition coefficient (Wildman–Crippen LogP) is 4.55. The zero-order chi connectivity index (χ0) is 22.8. The van der Waals surface area contributed by atoms with Crippen LogP contribution in [0.4, 0.5) is 5.82 Å². The topological polar surface area (TPSA) is 111 Å². The van der Waals surface area contributed by atoms with Gasteiger partial charge in [-0.15, -0.1) is 0 Å². The monoisotopic (exact) mass is 465 g/mol. The standard InChI is InChI=1S/C23H20ClN5O4/c24-15-1-3-17(4-2-15)33-18-5-6-20-19(11-18)21(26-16-7-9-32-10-8-16)28-23(27-20)29-13-14(12-25-29)22(30)31/h1-6,11-13,16H,7-10H2,(H,30,31)(H,26,27,28). The number of aromatic nitrogens is 4. The highest BCUT2D eigenvalue weighted by molar-refractivity contribution is 6.30. The summed E-state index contributed by atoms with van der Waals surface area (Å²) in [6.45, 7) is 1.36. The molecule has 3 heterocycles. The maximum Gasteiger partial charge on any atom is 0.338 e. The Morgan fingerprint density at radius 3 is 2.61 bits per heavy atom. The number of benzene rings is 2. The summed E-state index contributed by atoms with van der Waals surface area (Å²) in [4.78, 5) is 20.5. The molecule has 0 spiro atoms. The van der Waals surface area contributed by atoms with Crippen LogP contribution in [-0.4, -0.2) is 50.1 Å². The van der Waals surface area contributed by atoms with Crippen LogP contribution < -0.4 is 10.1 Å². The van der Waals surface area contributed by atoms with Crippen molar-refractivity contribution in [2.24, 2.45) is 0 Å². The van der Waals surface area contributed by atoms with Crippen molar-refractivity contribution in [1.82, 2.24) is 19.7 Å². The van der Waals surface area contributed by atoms with E-state index < -0.39 is 5.97 Å². The number of aromatic carboxylic acids is 1. The van der Waals surface area contributed by atoms with Crippen LogP contribution in [0.25, 0.3) is 16.9 Å². The van der Waals surface area contributed by atoms with Gasteiger partial charge in [0.1, 0.15) is 17.3 Å². The minimum Gasteiger partial charge on any atom is -0.478 e. The molecule has 2 N–H and O–H groups in total. The molecule has 10 heteroatoms. The Hall–Kier alpha value is -3.69. The molecule has 1 aliphatic heterocycles. The van der Waals surface area contributed by atoms with Crippen LogP contribution in [0.2, 0.25) is 5.02 Å². The molecule has 0 bridgehead atoms. The number of nitrogens with zero attached hydrogens (tertiary/aromatic N) is 4. The molecule has 9 nitrogen and oxygen atoms in total. The summed E-state index contributed by atoms with van der Waals surface area (Å²) in [7, 11) is 0. The summed E-state index contributed by atoms with van der Waals surface area (Å²) in [5.41, 5.74) is 0.731. The largest absolute Gasteiger partial charge is 0.478 e. The number of hydrogen-bond donors (Lipinski definition) is 2. The number of carboxylic acids is 1. The van der Waals surface area contributed by atoms with E-state index in [4.69, 9.17) is 21.1 Å². The van der Waals surface area contributed by atoms with Gasteiger partial charge in [-0.25, -0.2) is 14.5 Å². The minimum atomic E-state index is -1.06.